The van der Waals surface area contributed by atoms with E-state index in [1.165, 1.54) is 12.1 Å². The van der Waals surface area contributed by atoms with E-state index in [-0.39, 0.29) is 5.69 Å². The van der Waals surface area contributed by atoms with Crippen LogP contribution in [0.2, 0.25) is 5.02 Å². The molecule has 4 rings (SSSR count). The Kier molecular flexibility index (Phi) is 7.07. The minimum atomic E-state index is -4.72. The Morgan fingerprint density at radius 2 is 1.82 bits per heavy atom. The van der Waals surface area contributed by atoms with Crippen molar-refractivity contribution in [3.05, 3.63) is 46.9 Å². The molecule has 2 aliphatic rings. The number of rotatable bonds is 6. The molecule has 1 aromatic heterocycles. The lowest BCUT2D eigenvalue weighted by Gasteiger charge is -2.30. The number of likely N-dealkylation sites (tertiary alicyclic amines) is 1. The summed E-state index contributed by atoms with van der Waals surface area (Å²) in [5.74, 6) is -2.95. The molecule has 0 aliphatic carbocycles. The lowest BCUT2D eigenvalue weighted by molar-refractivity contribution is 0.198. The monoisotopic (exact) mass is 502 g/mol. The zero-order chi connectivity index (χ0) is 23.8. The van der Waals surface area contributed by atoms with Crippen LogP contribution in [-0.2, 0) is 10.0 Å². The maximum atomic E-state index is 15.0. The quantitative estimate of drug-likeness (QED) is 0.465. The lowest BCUT2D eigenvalue weighted by Crippen LogP contribution is -2.31. The third-order valence-corrected chi connectivity index (χ3v) is 8.20. The van der Waals surface area contributed by atoms with Crippen molar-refractivity contribution < 1.29 is 21.6 Å². The number of benzene rings is 1. The Labute approximate surface area is 196 Å². The first-order valence-corrected chi connectivity index (χ1v) is 12.8. The molecule has 2 aromatic rings. The van der Waals surface area contributed by atoms with Crippen LogP contribution in [0.4, 0.5) is 24.7 Å². The molecule has 33 heavy (non-hydrogen) atoms. The number of halogens is 4. The number of aromatic nitrogens is 1. The summed E-state index contributed by atoms with van der Waals surface area (Å²) >= 11 is 6.18. The second-order valence-electron chi connectivity index (χ2n) is 8.87. The molecule has 0 bridgehead atoms. The van der Waals surface area contributed by atoms with E-state index in [1.54, 1.807) is 0 Å². The fourth-order valence-corrected chi connectivity index (χ4v) is 6.18. The zero-order valence-corrected chi connectivity index (χ0v) is 19.8. The number of nitrogens with zero attached hydrogens (tertiary/aromatic N) is 3. The third-order valence-electron chi connectivity index (χ3n) is 6.45. The maximum absolute atomic E-state index is 15.0. The molecule has 2 saturated heterocycles. The summed E-state index contributed by atoms with van der Waals surface area (Å²) in [5, 5.41) is -0.455. The van der Waals surface area contributed by atoms with Crippen LogP contribution in [0.1, 0.15) is 25.7 Å². The number of piperidine rings is 1. The van der Waals surface area contributed by atoms with E-state index in [0.717, 1.165) is 50.9 Å². The van der Waals surface area contributed by atoms with Crippen molar-refractivity contribution in [3.8, 4) is 0 Å². The van der Waals surface area contributed by atoms with Crippen molar-refractivity contribution in [2.45, 2.75) is 30.6 Å². The van der Waals surface area contributed by atoms with Gasteiger partial charge in [-0.15, -0.1) is 0 Å². The number of hydrogen-bond acceptors (Lipinski definition) is 5. The zero-order valence-electron chi connectivity index (χ0n) is 18.2. The first kappa shape index (κ1) is 24.1. The van der Waals surface area contributed by atoms with E-state index in [4.69, 9.17) is 11.6 Å². The van der Waals surface area contributed by atoms with Crippen molar-refractivity contribution >= 4 is 33.1 Å². The molecule has 2 fully saturated rings. The SMILES string of the molecule is CN1CCC(CC2CCN(c3cc(F)c(S(=O)(=O)Nc4cccc(F)n4)c(F)c3Cl)C2)CC1. The van der Waals surface area contributed by atoms with E-state index in [1.807, 2.05) is 9.62 Å². The van der Waals surface area contributed by atoms with Gasteiger partial charge in [0.25, 0.3) is 10.0 Å². The number of pyridine rings is 1. The summed E-state index contributed by atoms with van der Waals surface area (Å²) in [5.41, 5.74) is 0.139. The van der Waals surface area contributed by atoms with Gasteiger partial charge in [-0.2, -0.15) is 4.39 Å². The predicted molar refractivity (Wildman–Crippen MR) is 122 cm³/mol. The van der Waals surface area contributed by atoms with E-state index >= 15 is 4.39 Å². The van der Waals surface area contributed by atoms with Crippen molar-refractivity contribution in [1.29, 1.82) is 0 Å². The van der Waals surface area contributed by atoms with Gasteiger partial charge in [0.15, 0.2) is 10.7 Å². The van der Waals surface area contributed by atoms with Crippen molar-refractivity contribution in [1.82, 2.24) is 9.88 Å². The highest BCUT2D eigenvalue weighted by molar-refractivity contribution is 7.92. The van der Waals surface area contributed by atoms with Crippen LogP contribution in [0.5, 0.6) is 0 Å². The normalized spacial score (nSPS) is 20.4. The highest BCUT2D eigenvalue weighted by Crippen LogP contribution is 2.39. The molecule has 0 radical (unpaired) electrons. The largest absolute Gasteiger partial charge is 0.370 e. The third kappa shape index (κ3) is 5.38. The molecule has 0 amide bonds. The van der Waals surface area contributed by atoms with Crippen molar-refractivity contribution in [3.63, 3.8) is 0 Å². The molecule has 3 heterocycles. The highest BCUT2D eigenvalue weighted by Gasteiger charge is 2.33. The Balaban J connectivity index is 1.51. The van der Waals surface area contributed by atoms with Gasteiger partial charge in [-0.1, -0.05) is 17.7 Å². The molecular weight excluding hydrogens is 477 g/mol. The second kappa shape index (κ2) is 9.68. The molecule has 1 atom stereocenters. The summed E-state index contributed by atoms with van der Waals surface area (Å²) < 4.78 is 70.3. The van der Waals surface area contributed by atoms with Crippen molar-refractivity contribution in [2.24, 2.45) is 11.8 Å². The predicted octanol–water partition coefficient (Wildman–Crippen LogP) is 4.51. The highest BCUT2D eigenvalue weighted by atomic mass is 35.5. The first-order chi connectivity index (χ1) is 15.6. The van der Waals surface area contributed by atoms with Gasteiger partial charge in [0.1, 0.15) is 16.7 Å². The molecule has 1 unspecified atom stereocenters. The van der Waals surface area contributed by atoms with Gasteiger partial charge in [0.2, 0.25) is 5.95 Å². The fraction of sp³-hybridized carbons (Fsp3) is 0.500. The Morgan fingerprint density at radius 3 is 2.52 bits per heavy atom. The van der Waals surface area contributed by atoms with Crippen LogP contribution in [0.25, 0.3) is 0 Å². The minimum Gasteiger partial charge on any atom is -0.370 e. The van der Waals surface area contributed by atoms with Crippen LogP contribution in [-0.4, -0.2) is 51.5 Å². The Bertz CT molecular complexity index is 1130. The number of nitrogens with one attached hydrogen (secondary N) is 1. The summed E-state index contributed by atoms with van der Waals surface area (Å²) in [6.07, 6.45) is 4.25. The van der Waals surface area contributed by atoms with Crippen LogP contribution in [0.15, 0.2) is 29.2 Å². The molecule has 0 spiro atoms. The topological polar surface area (TPSA) is 65.5 Å². The van der Waals surface area contributed by atoms with E-state index in [0.29, 0.717) is 24.9 Å². The van der Waals surface area contributed by atoms with Crippen LogP contribution in [0.3, 0.4) is 0 Å². The fourth-order valence-electron chi connectivity index (χ4n) is 4.71. The Morgan fingerprint density at radius 1 is 1.12 bits per heavy atom. The van der Waals surface area contributed by atoms with Gasteiger partial charge >= 0.3 is 0 Å². The average molecular weight is 503 g/mol. The molecule has 180 valence electrons. The number of sulfonamides is 1. The summed E-state index contributed by atoms with van der Waals surface area (Å²) in [6, 6.07) is 4.36. The van der Waals surface area contributed by atoms with Crippen LogP contribution < -0.4 is 9.62 Å². The van der Waals surface area contributed by atoms with Crippen LogP contribution >= 0.6 is 11.6 Å². The minimum absolute atomic E-state index is 0.139. The average Bonchev–Trinajstić information content (AvgIpc) is 3.20. The Hall–Kier alpha value is -2.04. The number of hydrogen-bond donors (Lipinski definition) is 1. The van der Waals surface area contributed by atoms with Gasteiger partial charge in [0, 0.05) is 19.2 Å². The van der Waals surface area contributed by atoms with Crippen molar-refractivity contribution in [2.75, 3.05) is 42.8 Å². The number of anilines is 2. The van der Waals surface area contributed by atoms with Gasteiger partial charge < -0.3 is 9.80 Å². The standard InChI is InChI=1S/C22H26ClF3N4O2S/c1-29-8-5-14(6-9-29)11-15-7-10-30(13-15)17-12-16(24)22(21(26)20(17)23)33(31,32)28-19-4-2-3-18(25)27-19/h2-4,12,14-15H,5-11,13H2,1H3,(H,27,28). The van der Waals surface area contributed by atoms with E-state index in [9.17, 15) is 17.2 Å². The van der Waals surface area contributed by atoms with Gasteiger partial charge in [-0.3, -0.25) is 4.72 Å². The van der Waals surface area contributed by atoms with Gasteiger partial charge in [-0.05, 0) is 69.8 Å². The first-order valence-electron chi connectivity index (χ1n) is 10.9. The maximum Gasteiger partial charge on any atom is 0.268 e. The smallest absolute Gasteiger partial charge is 0.268 e. The molecule has 1 N–H and O–H groups in total. The van der Waals surface area contributed by atoms with Gasteiger partial charge in [-0.25, -0.2) is 22.2 Å². The molecule has 11 heteroatoms. The van der Waals surface area contributed by atoms with E-state index in [2.05, 4.69) is 16.9 Å². The molecule has 6 nitrogen and oxygen atoms in total. The molecule has 2 aliphatic heterocycles. The van der Waals surface area contributed by atoms with Crippen LogP contribution in [0, 0.1) is 29.4 Å². The molecule has 0 saturated carbocycles. The summed E-state index contributed by atoms with van der Waals surface area (Å²) in [4.78, 5) is 6.27. The summed E-state index contributed by atoms with van der Waals surface area (Å²) in [6.45, 7) is 3.37. The van der Waals surface area contributed by atoms with Gasteiger partial charge in [0.05, 0.1) is 5.69 Å². The molecule has 1 aromatic carbocycles. The second-order valence-corrected chi connectivity index (χ2v) is 10.9. The molecular formula is C22H26ClF3N4O2S. The lowest BCUT2D eigenvalue weighted by atomic mass is 9.87. The summed E-state index contributed by atoms with van der Waals surface area (Å²) in [7, 11) is -2.61. The van der Waals surface area contributed by atoms with E-state index < -0.39 is 43.3 Å².